The Morgan fingerprint density at radius 1 is 1.08 bits per heavy atom. The summed E-state index contributed by atoms with van der Waals surface area (Å²) in [6.07, 6.45) is 0. The molecule has 2 rings (SSSR count). The average molecular weight is 350 g/mol. The number of amides is 1. The maximum Gasteiger partial charge on any atom is 0.263 e. The smallest absolute Gasteiger partial charge is 0.263 e. The van der Waals surface area contributed by atoms with Crippen molar-refractivity contribution in [2.45, 2.75) is 19.4 Å². The first-order chi connectivity index (χ1) is 11.3. The molecule has 1 N–H and O–H groups in total. The number of carbonyl (C=O) groups excluding carboxylic acids is 2. The van der Waals surface area contributed by atoms with E-state index in [2.05, 4.69) is 5.32 Å². The third kappa shape index (κ3) is 4.80. The van der Waals surface area contributed by atoms with E-state index in [0.717, 1.165) is 0 Å². The second-order valence-corrected chi connectivity index (χ2v) is 6.12. The molecular weight excluding hydrogens is 333 g/mol. The van der Waals surface area contributed by atoms with Crippen molar-refractivity contribution in [2.24, 2.45) is 0 Å². The highest BCUT2D eigenvalue weighted by molar-refractivity contribution is 6.30. The highest BCUT2D eigenvalue weighted by Gasteiger charge is 2.30. The summed E-state index contributed by atoms with van der Waals surface area (Å²) in [5.74, 6) is -0.684. The van der Waals surface area contributed by atoms with Crippen LogP contribution in [0.4, 0.5) is 4.39 Å². The van der Waals surface area contributed by atoms with E-state index in [9.17, 15) is 14.0 Å². The molecule has 0 spiro atoms. The third-order valence-corrected chi connectivity index (χ3v) is 3.56. The molecule has 0 atom stereocenters. The van der Waals surface area contributed by atoms with E-state index >= 15 is 0 Å². The van der Waals surface area contributed by atoms with Crippen molar-refractivity contribution in [1.82, 2.24) is 5.32 Å². The molecule has 0 saturated heterocycles. The molecule has 0 saturated carbocycles. The molecule has 2 aromatic carbocycles. The highest BCUT2D eigenvalue weighted by Crippen LogP contribution is 2.21. The van der Waals surface area contributed by atoms with Gasteiger partial charge in [0.1, 0.15) is 11.6 Å². The monoisotopic (exact) mass is 349 g/mol. The zero-order valence-electron chi connectivity index (χ0n) is 13.3. The van der Waals surface area contributed by atoms with Gasteiger partial charge < -0.3 is 10.1 Å². The lowest BCUT2D eigenvalue weighted by Crippen LogP contribution is -2.47. The van der Waals surface area contributed by atoms with E-state index in [1.54, 1.807) is 38.1 Å². The van der Waals surface area contributed by atoms with E-state index in [1.165, 1.54) is 24.3 Å². The largest absolute Gasteiger partial charge is 0.478 e. The molecule has 0 radical (unpaired) electrons. The van der Waals surface area contributed by atoms with E-state index in [0.29, 0.717) is 16.3 Å². The van der Waals surface area contributed by atoms with Crippen molar-refractivity contribution in [3.8, 4) is 5.75 Å². The van der Waals surface area contributed by atoms with Gasteiger partial charge in [0.15, 0.2) is 11.4 Å². The zero-order valence-corrected chi connectivity index (χ0v) is 14.1. The molecular formula is C18H17ClFNO3. The Morgan fingerprint density at radius 2 is 1.67 bits per heavy atom. The van der Waals surface area contributed by atoms with Gasteiger partial charge in [-0.25, -0.2) is 4.39 Å². The summed E-state index contributed by atoms with van der Waals surface area (Å²) in [6, 6.07) is 11.8. The lowest BCUT2D eigenvalue weighted by molar-refractivity contribution is -0.134. The van der Waals surface area contributed by atoms with Gasteiger partial charge in [0.25, 0.3) is 5.91 Å². The minimum atomic E-state index is -1.17. The summed E-state index contributed by atoms with van der Waals surface area (Å²) in [4.78, 5) is 24.2. The summed E-state index contributed by atoms with van der Waals surface area (Å²) >= 11 is 5.80. The van der Waals surface area contributed by atoms with Gasteiger partial charge in [0.05, 0.1) is 6.54 Å². The number of nitrogens with one attached hydrogen (secondary N) is 1. The topological polar surface area (TPSA) is 55.4 Å². The predicted molar refractivity (Wildman–Crippen MR) is 89.9 cm³/mol. The van der Waals surface area contributed by atoms with Crippen LogP contribution in [-0.4, -0.2) is 23.8 Å². The maximum atomic E-state index is 12.8. The minimum absolute atomic E-state index is 0.197. The van der Waals surface area contributed by atoms with Gasteiger partial charge in [-0.05, 0) is 62.4 Å². The van der Waals surface area contributed by atoms with Gasteiger partial charge in [-0.1, -0.05) is 11.6 Å². The molecule has 0 fully saturated rings. The Labute approximate surface area is 144 Å². The van der Waals surface area contributed by atoms with Crippen molar-refractivity contribution in [1.29, 1.82) is 0 Å². The molecule has 1 amide bonds. The summed E-state index contributed by atoms with van der Waals surface area (Å²) in [5.41, 5.74) is -0.843. The second-order valence-electron chi connectivity index (χ2n) is 5.68. The van der Waals surface area contributed by atoms with Gasteiger partial charge in [-0.2, -0.15) is 0 Å². The fourth-order valence-electron chi connectivity index (χ4n) is 1.95. The van der Waals surface area contributed by atoms with Crippen LogP contribution >= 0.6 is 11.6 Å². The van der Waals surface area contributed by atoms with Crippen LogP contribution in [0.1, 0.15) is 24.2 Å². The maximum absolute atomic E-state index is 12.8. The zero-order chi connectivity index (χ0) is 17.7. The van der Waals surface area contributed by atoms with Crippen molar-refractivity contribution in [3.63, 3.8) is 0 Å². The Morgan fingerprint density at radius 3 is 2.25 bits per heavy atom. The Bertz CT molecular complexity index is 727. The Kier molecular flexibility index (Phi) is 5.57. The second kappa shape index (κ2) is 7.45. The first-order valence-corrected chi connectivity index (χ1v) is 7.67. The molecule has 2 aromatic rings. The van der Waals surface area contributed by atoms with Crippen LogP contribution in [0.25, 0.3) is 0 Å². The molecule has 126 valence electrons. The van der Waals surface area contributed by atoms with Crippen molar-refractivity contribution in [2.75, 3.05) is 6.54 Å². The van der Waals surface area contributed by atoms with Crippen molar-refractivity contribution in [3.05, 3.63) is 64.9 Å². The summed E-state index contributed by atoms with van der Waals surface area (Å²) in [7, 11) is 0. The number of halogens is 2. The summed E-state index contributed by atoms with van der Waals surface area (Å²) in [6.45, 7) is 3.00. The van der Waals surface area contributed by atoms with Gasteiger partial charge in [0.2, 0.25) is 0 Å². The standard InChI is InChI=1S/C18H17ClFNO3/c1-18(2,24-15-9-5-13(19)6-10-15)17(23)21-11-16(22)12-3-7-14(20)8-4-12/h3-10H,11H2,1-2H3,(H,21,23). The number of ether oxygens (including phenoxy) is 1. The number of hydrogen-bond acceptors (Lipinski definition) is 3. The molecule has 6 heteroatoms. The quantitative estimate of drug-likeness (QED) is 0.810. The van der Waals surface area contributed by atoms with E-state index in [-0.39, 0.29) is 12.3 Å². The normalized spacial score (nSPS) is 11.0. The fraction of sp³-hybridized carbons (Fsp3) is 0.222. The molecule has 0 heterocycles. The summed E-state index contributed by atoms with van der Waals surface area (Å²) < 4.78 is 18.5. The van der Waals surface area contributed by atoms with Crippen LogP contribution in [0.3, 0.4) is 0 Å². The van der Waals surface area contributed by atoms with Crippen LogP contribution in [0.5, 0.6) is 5.75 Å². The highest BCUT2D eigenvalue weighted by atomic mass is 35.5. The van der Waals surface area contributed by atoms with Crippen LogP contribution in [0.2, 0.25) is 5.02 Å². The molecule has 0 unspecified atom stereocenters. The number of ketones is 1. The first-order valence-electron chi connectivity index (χ1n) is 7.29. The molecule has 0 aromatic heterocycles. The van der Waals surface area contributed by atoms with Crippen molar-refractivity contribution >= 4 is 23.3 Å². The average Bonchev–Trinajstić information content (AvgIpc) is 2.55. The number of carbonyl (C=O) groups is 2. The molecule has 0 bridgehead atoms. The Balaban J connectivity index is 1.93. The number of hydrogen-bond donors (Lipinski definition) is 1. The SMILES string of the molecule is CC(C)(Oc1ccc(Cl)cc1)C(=O)NCC(=O)c1ccc(F)cc1. The predicted octanol–water partition coefficient (Wildman–Crippen LogP) is 3.64. The third-order valence-electron chi connectivity index (χ3n) is 3.31. The first kappa shape index (κ1) is 17.9. The van der Waals surface area contributed by atoms with Gasteiger partial charge in [-0.3, -0.25) is 9.59 Å². The van der Waals surface area contributed by atoms with Crippen LogP contribution in [-0.2, 0) is 4.79 Å². The minimum Gasteiger partial charge on any atom is -0.478 e. The van der Waals surface area contributed by atoms with Gasteiger partial charge in [-0.15, -0.1) is 0 Å². The van der Waals surface area contributed by atoms with Crippen LogP contribution in [0, 0.1) is 5.82 Å². The molecule has 24 heavy (non-hydrogen) atoms. The lowest BCUT2D eigenvalue weighted by Gasteiger charge is -2.25. The lowest BCUT2D eigenvalue weighted by atomic mass is 10.1. The fourth-order valence-corrected chi connectivity index (χ4v) is 2.08. The summed E-state index contributed by atoms with van der Waals surface area (Å²) in [5, 5.41) is 3.10. The molecule has 0 aliphatic carbocycles. The van der Waals surface area contributed by atoms with Gasteiger partial charge in [0, 0.05) is 10.6 Å². The van der Waals surface area contributed by atoms with Crippen molar-refractivity contribution < 1.29 is 18.7 Å². The number of Topliss-reactive ketones (excluding diaryl/α,β-unsaturated/α-hetero) is 1. The number of benzene rings is 2. The number of rotatable bonds is 6. The van der Waals surface area contributed by atoms with E-state index in [4.69, 9.17) is 16.3 Å². The van der Waals surface area contributed by atoms with Crippen LogP contribution < -0.4 is 10.1 Å². The molecule has 0 aliphatic heterocycles. The Hall–Kier alpha value is -2.40. The van der Waals surface area contributed by atoms with Gasteiger partial charge >= 0.3 is 0 Å². The van der Waals surface area contributed by atoms with Crippen LogP contribution in [0.15, 0.2) is 48.5 Å². The van der Waals surface area contributed by atoms with E-state index in [1.807, 2.05) is 0 Å². The molecule has 4 nitrogen and oxygen atoms in total. The van der Waals surface area contributed by atoms with E-state index < -0.39 is 17.3 Å². The molecule has 0 aliphatic rings.